The molecule has 0 aromatic heterocycles. The summed E-state index contributed by atoms with van der Waals surface area (Å²) in [4.78, 5) is 12.6. The molecule has 9 heteroatoms. The van der Waals surface area contributed by atoms with Crippen LogP contribution < -0.4 is 14.8 Å². The molecule has 1 saturated heterocycles. The van der Waals surface area contributed by atoms with Crippen molar-refractivity contribution in [1.29, 1.82) is 0 Å². The molecule has 2 heterocycles. The zero-order valence-corrected chi connectivity index (χ0v) is 19.8. The van der Waals surface area contributed by atoms with Gasteiger partial charge >= 0.3 is 0 Å². The van der Waals surface area contributed by atoms with Gasteiger partial charge in [0, 0.05) is 35.4 Å². The number of rotatable bonds is 7. The predicted molar refractivity (Wildman–Crippen MR) is 128 cm³/mol. The largest absolute Gasteiger partial charge is 0.492 e. The minimum Gasteiger partial charge on any atom is -0.492 e. The molecule has 0 aliphatic carbocycles. The second-order valence-electron chi connectivity index (χ2n) is 7.72. The van der Waals surface area contributed by atoms with Crippen LogP contribution in [0, 0.1) is 0 Å². The Morgan fingerprint density at radius 3 is 2.76 bits per heavy atom. The smallest absolute Gasteiger partial charge is 0.248 e. The quantitative estimate of drug-likeness (QED) is 0.580. The summed E-state index contributed by atoms with van der Waals surface area (Å²) in [5.41, 5.74) is 2.03. The zero-order chi connectivity index (χ0) is 23.4. The first kappa shape index (κ1) is 23.4. The van der Waals surface area contributed by atoms with Crippen LogP contribution in [-0.2, 0) is 14.8 Å². The van der Waals surface area contributed by atoms with Gasteiger partial charge in [0.15, 0.2) is 0 Å². The van der Waals surface area contributed by atoms with E-state index in [1.165, 1.54) is 16.4 Å². The average Bonchev–Trinajstić information content (AvgIpc) is 3.34. The van der Waals surface area contributed by atoms with Crippen LogP contribution in [0.15, 0.2) is 59.0 Å². The van der Waals surface area contributed by atoms with Gasteiger partial charge in [0.1, 0.15) is 23.0 Å². The van der Waals surface area contributed by atoms with Gasteiger partial charge in [0.2, 0.25) is 15.9 Å². The molecule has 2 aromatic rings. The number of ether oxygens (including phenoxy) is 2. The van der Waals surface area contributed by atoms with Gasteiger partial charge in [-0.2, -0.15) is 4.31 Å². The van der Waals surface area contributed by atoms with E-state index < -0.39 is 10.0 Å². The van der Waals surface area contributed by atoms with Crippen molar-refractivity contribution in [2.75, 3.05) is 31.6 Å². The van der Waals surface area contributed by atoms with Crippen LogP contribution in [0.25, 0.3) is 6.08 Å². The Morgan fingerprint density at radius 1 is 1.21 bits per heavy atom. The summed E-state index contributed by atoms with van der Waals surface area (Å²) in [6.45, 7) is 3.43. The monoisotopic (exact) mass is 488 g/mol. The number of anilines is 1. The summed E-state index contributed by atoms with van der Waals surface area (Å²) < 4.78 is 38.9. The molecular weight excluding hydrogens is 464 g/mol. The molecule has 1 N–H and O–H groups in total. The summed E-state index contributed by atoms with van der Waals surface area (Å²) in [5.74, 6) is 0.628. The third kappa shape index (κ3) is 5.40. The normalized spacial score (nSPS) is 16.2. The molecule has 174 valence electrons. The van der Waals surface area contributed by atoms with Gasteiger partial charge in [-0.1, -0.05) is 17.7 Å². The Kier molecular flexibility index (Phi) is 7.07. The molecular formula is C24H25ClN2O5S. The Hall–Kier alpha value is -2.81. The molecule has 0 saturated carbocycles. The van der Waals surface area contributed by atoms with Gasteiger partial charge in [-0.25, -0.2) is 8.42 Å². The highest BCUT2D eigenvalue weighted by Gasteiger charge is 2.30. The maximum Gasteiger partial charge on any atom is 0.248 e. The SMILES string of the molecule is CCOc1ccc(NC(=O)/C=C/C2=Cc3cc(Cl)ccc3OC2)cc1S(=O)(=O)N1CCCC1. The molecule has 7 nitrogen and oxygen atoms in total. The number of hydrogen-bond donors (Lipinski definition) is 1. The van der Waals surface area contributed by atoms with Crippen molar-refractivity contribution in [2.45, 2.75) is 24.7 Å². The maximum atomic E-state index is 13.1. The van der Waals surface area contributed by atoms with Crippen LogP contribution in [0.4, 0.5) is 5.69 Å². The lowest BCUT2D eigenvalue weighted by molar-refractivity contribution is -0.111. The second kappa shape index (κ2) is 9.99. The zero-order valence-electron chi connectivity index (χ0n) is 18.2. The topological polar surface area (TPSA) is 84.9 Å². The Morgan fingerprint density at radius 2 is 2.00 bits per heavy atom. The van der Waals surface area contributed by atoms with Crippen LogP contribution in [-0.4, -0.2) is 44.9 Å². The van der Waals surface area contributed by atoms with Crippen molar-refractivity contribution >= 4 is 39.3 Å². The molecule has 1 amide bonds. The van der Waals surface area contributed by atoms with E-state index in [-0.39, 0.29) is 16.6 Å². The van der Waals surface area contributed by atoms with Crippen LogP contribution in [0.3, 0.4) is 0 Å². The fourth-order valence-electron chi connectivity index (χ4n) is 3.76. The third-order valence-electron chi connectivity index (χ3n) is 5.35. The number of hydrogen-bond acceptors (Lipinski definition) is 5. The molecule has 0 atom stereocenters. The lowest BCUT2D eigenvalue weighted by Crippen LogP contribution is -2.28. The van der Waals surface area contributed by atoms with E-state index in [1.807, 2.05) is 6.08 Å². The number of sulfonamides is 1. The lowest BCUT2D eigenvalue weighted by Gasteiger charge is -2.19. The molecule has 0 spiro atoms. The Bertz CT molecular complexity index is 1220. The molecule has 2 aliphatic heterocycles. The highest BCUT2D eigenvalue weighted by Crippen LogP contribution is 2.32. The van der Waals surface area contributed by atoms with Crippen molar-refractivity contribution in [3.8, 4) is 11.5 Å². The molecule has 0 unspecified atom stereocenters. The Labute approximate surface area is 198 Å². The van der Waals surface area contributed by atoms with E-state index in [1.54, 1.807) is 43.3 Å². The minimum atomic E-state index is -3.71. The molecule has 33 heavy (non-hydrogen) atoms. The lowest BCUT2D eigenvalue weighted by atomic mass is 10.1. The maximum absolute atomic E-state index is 13.1. The van der Waals surface area contributed by atoms with Crippen molar-refractivity contribution in [1.82, 2.24) is 4.31 Å². The number of amides is 1. The molecule has 0 bridgehead atoms. The van der Waals surface area contributed by atoms with Gasteiger partial charge < -0.3 is 14.8 Å². The first-order chi connectivity index (χ1) is 15.9. The summed E-state index contributed by atoms with van der Waals surface area (Å²) in [5, 5.41) is 3.33. The number of nitrogens with one attached hydrogen (secondary N) is 1. The van der Waals surface area contributed by atoms with Gasteiger partial charge in [-0.15, -0.1) is 0 Å². The van der Waals surface area contributed by atoms with Crippen molar-refractivity contribution in [2.24, 2.45) is 0 Å². The Balaban J connectivity index is 1.51. The number of carbonyl (C=O) groups excluding carboxylic acids is 1. The van der Waals surface area contributed by atoms with E-state index in [4.69, 9.17) is 21.1 Å². The second-order valence-corrected chi connectivity index (χ2v) is 10.1. The van der Waals surface area contributed by atoms with Gasteiger partial charge in [-0.05, 0) is 67.8 Å². The number of fused-ring (bicyclic) bond motifs is 1. The van der Waals surface area contributed by atoms with Crippen LogP contribution >= 0.6 is 11.6 Å². The molecule has 2 aromatic carbocycles. The third-order valence-corrected chi connectivity index (χ3v) is 7.50. The van der Waals surface area contributed by atoms with E-state index in [0.29, 0.717) is 37.0 Å². The van der Waals surface area contributed by atoms with Crippen LogP contribution in [0.1, 0.15) is 25.3 Å². The summed E-state index contributed by atoms with van der Waals surface area (Å²) in [6.07, 6.45) is 6.62. The van der Waals surface area contributed by atoms with E-state index in [2.05, 4.69) is 5.32 Å². The predicted octanol–water partition coefficient (Wildman–Crippen LogP) is 4.49. The van der Waals surface area contributed by atoms with Crippen molar-refractivity contribution < 1.29 is 22.7 Å². The van der Waals surface area contributed by atoms with E-state index in [0.717, 1.165) is 29.7 Å². The number of nitrogens with zero attached hydrogens (tertiary/aromatic N) is 1. The molecule has 1 fully saturated rings. The van der Waals surface area contributed by atoms with Gasteiger partial charge in [0.05, 0.1) is 6.61 Å². The fourth-order valence-corrected chi connectivity index (χ4v) is 5.61. The first-order valence-electron chi connectivity index (χ1n) is 10.8. The standard InChI is InChI=1S/C24H25ClN2O5S/c1-2-31-22-9-7-20(15-23(22)33(29,30)27-11-3-4-12-27)26-24(28)10-5-17-13-18-14-19(25)6-8-21(18)32-16-17/h5-10,13-15H,2-4,11-12,16H2,1H3,(H,26,28)/b10-5+. The summed E-state index contributed by atoms with van der Waals surface area (Å²) in [7, 11) is -3.71. The average molecular weight is 489 g/mol. The number of benzene rings is 2. The molecule has 4 rings (SSSR count). The van der Waals surface area contributed by atoms with Crippen LogP contribution in [0.2, 0.25) is 5.02 Å². The fraction of sp³-hybridized carbons (Fsp3) is 0.292. The van der Waals surface area contributed by atoms with Crippen molar-refractivity contribution in [3.63, 3.8) is 0 Å². The van der Waals surface area contributed by atoms with Crippen LogP contribution in [0.5, 0.6) is 11.5 Å². The van der Waals surface area contributed by atoms with E-state index >= 15 is 0 Å². The highest BCUT2D eigenvalue weighted by molar-refractivity contribution is 7.89. The minimum absolute atomic E-state index is 0.0601. The van der Waals surface area contributed by atoms with Crippen molar-refractivity contribution in [3.05, 3.63) is 64.7 Å². The highest BCUT2D eigenvalue weighted by atomic mass is 35.5. The van der Waals surface area contributed by atoms with Gasteiger partial charge in [0.25, 0.3) is 0 Å². The number of carbonyl (C=O) groups is 1. The summed E-state index contributed by atoms with van der Waals surface area (Å²) >= 11 is 6.04. The van der Waals surface area contributed by atoms with Gasteiger partial charge in [-0.3, -0.25) is 4.79 Å². The first-order valence-corrected chi connectivity index (χ1v) is 12.6. The summed E-state index contributed by atoms with van der Waals surface area (Å²) in [6, 6.07) is 10.0. The number of halogens is 1. The molecule has 0 radical (unpaired) electrons. The molecule has 2 aliphatic rings. The van der Waals surface area contributed by atoms with E-state index in [9.17, 15) is 13.2 Å².